The van der Waals surface area contributed by atoms with Crippen LogP contribution in [-0.4, -0.2) is 12.5 Å². The Hall–Kier alpha value is -2.07. The Balaban J connectivity index is 1.73. The molecular formula is C17H19NO3. The first-order valence-electron chi connectivity index (χ1n) is 7.34. The molecule has 0 aromatic heterocycles. The molecule has 2 aromatic carbocycles. The van der Waals surface area contributed by atoms with E-state index in [9.17, 15) is 4.79 Å². The lowest BCUT2D eigenvalue weighted by Crippen LogP contribution is -2.24. The van der Waals surface area contributed by atoms with Crippen LogP contribution in [0.2, 0.25) is 0 Å². The second kappa shape index (κ2) is 6.14. The molecule has 1 N–H and O–H groups in total. The van der Waals surface area contributed by atoms with Gasteiger partial charge in [0.05, 0.1) is 6.61 Å². The van der Waals surface area contributed by atoms with E-state index in [4.69, 9.17) is 9.57 Å². The van der Waals surface area contributed by atoms with Crippen LogP contribution in [0.15, 0.2) is 36.4 Å². The molecule has 0 unspecified atom stereocenters. The van der Waals surface area contributed by atoms with E-state index in [1.165, 1.54) is 0 Å². The summed E-state index contributed by atoms with van der Waals surface area (Å²) < 4.78 is 5.54. The van der Waals surface area contributed by atoms with Gasteiger partial charge in [-0.1, -0.05) is 24.3 Å². The molecule has 21 heavy (non-hydrogen) atoms. The van der Waals surface area contributed by atoms with Crippen molar-refractivity contribution in [2.45, 2.75) is 26.4 Å². The van der Waals surface area contributed by atoms with Crippen LogP contribution in [0, 0.1) is 5.92 Å². The average Bonchev–Trinajstić information content (AvgIpc) is 3.32. The highest BCUT2D eigenvalue weighted by Gasteiger charge is 2.29. The minimum atomic E-state index is -0.00904. The Kier molecular flexibility index (Phi) is 4.06. The number of carbonyl (C=O) groups is 1. The molecule has 0 aliphatic heterocycles. The van der Waals surface area contributed by atoms with Crippen molar-refractivity contribution in [1.29, 1.82) is 0 Å². The van der Waals surface area contributed by atoms with E-state index in [0.29, 0.717) is 13.2 Å². The van der Waals surface area contributed by atoms with Crippen molar-refractivity contribution in [1.82, 2.24) is 5.48 Å². The number of hydrogen-bond acceptors (Lipinski definition) is 3. The van der Waals surface area contributed by atoms with Crippen LogP contribution in [0.1, 0.15) is 25.3 Å². The fourth-order valence-electron chi connectivity index (χ4n) is 2.31. The van der Waals surface area contributed by atoms with Gasteiger partial charge in [0.1, 0.15) is 12.4 Å². The largest absolute Gasteiger partial charge is 0.494 e. The molecule has 1 aliphatic carbocycles. The Morgan fingerprint density at radius 3 is 2.90 bits per heavy atom. The number of ether oxygens (including phenoxy) is 1. The van der Waals surface area contributed by atoms with Gasteiger partial charge in [0.2, 0.25) is 5.91 Å². The van der Waals surface area contributed by atoms with E-state index >= 15 is 0 Å². The Bertz CT molecular complexity index is 650. The predicted octanol–water partition coefficient (Wildman–Crippen LogP) is 3.20. The normalized spacial score (nSPS) is 14.1. The zero-order valence-electron chi connectivity index (χ0n) is 12.1. The third-order valence-corrected chi connectivity index (χ3v) is 3.60. The molecule has 3 rings (SSSR count). The SMILES string of the molecule is CCOc1ccc2cccc(CONC(=O)C3CC3)c2c1. The van der Waals surface area contributed by atoms with Crippen molar-refractivity contribution >= 4 is 16.7 Å². The van der Waals surface area contributed by atoms with E-state index in [1.807, 2.05) is 37.3 Å². The molecule has 4 heteroatoms. The Morgan fingerprint density at radius 2 is 2.14 bits per heavy atom. The van der Waals surface area contributed by atoms with Crippen molar-refractivity contribution in [3.8, 4) is 5.75 Å². The number of amides is 1. The first-order valence-corrected chi connectivity index (χ1v) is 7.34. The van der Waals surface area contributed by atoms with Gasteiger partial charge in [-0.2, -0.15) is 0 Å². The summed E-state index contributed by atoms with van der Waals surface area (Å²) in [5.74, 6) is 0.992. The summed E-state index contributed by atoms with van der Waals surface area (Å²) in [6.07, 6.45) is 1.95. The second-order valence-corrected chi connectivity index (χ2v) is 5.26. The fraction of sp³-hybridized carbons (Fsp3) is 0.353. The number of carbonyl (C=O) groups excluding carboxylic acids is 1. The van der Waals surface area contributed by atoms with Gasteiger partial charge in [-0.25, -0.2) is 5.48 Å². The highest BCUT2D eigenvalue weighted by molar-refractivity contribution is 5.87. The number of fused-ring (bicyclic) bond motifs is 1. The molecule has 0 atom stereocenters. The van der Waals surface area contributed by atoms with Gasteiger partial charge in [0.15, 0.2) is 0 Å². The number of rotatable bonds is 6. The molecule has 1 fully saturated rings. The molecule has 0 bridgehead atoms. The third kappa shape index (κ3) is 3.34. The second-order valence-electron chi connectivity index (χ2n) is 5.26. The molecule has 2 aromatic rings. The van der Waals surface area contributed by atoms with Gasteiger partial charge in [0.25, 0.3) is 0 Å². The van der Waals surface area contributed by atoms with Gasteiger partial charge in [-0.05, 0) is 48.2 Å². The van der Waals surface area contributed by atoms with E-state index in [1.54, 1.807) is 0 Å². The van der Waals surface area contributed by atoms with Gasteiger partial charge in [0, 0.05) is 5.92 Å². The molecule has 0 radical (unpaired) electrons. The number of hydrogen-bond donors (Lipinski definition) is 1. The summed E-state index contributed by atoms with van der Waals surface area (Å²) in [4.78, 5) is 16.9. The van der Waals surface area contributed by atoms with Crippen LogP contribution in [0.25, 0.3) is 10.8 Å². The number of hydroxylamine groups is 1. The summed E-state index contributed by atoms with van der Waals surface area (Å²) in [5, 5.41) is 2.22. The molecule has 0 heterocycles. The maximum Gasteiger partial charge on any atom is 0.246 e. The van der Waals surface area contributed by atoms with Crippen LogP contribution in [0.4, 0.5) is 0 Å². The van der Waals surface area contributed by atoms with Gasteiger partial charge < -0.3 is 4.74 Å². The van der Waals surface area contributed by atoms with E-state index in [-0.39, 0.29) is 11.8 Å². The minimum Gasteiger partial charge on any atom is -0.494 e. The first kappa shape index (κ1) is 13.9. The summed E-state index contributed by atoms with van der Waals surface area (Å²) in [6, 6.07) is 12.1. The molecule has 110 valence electrons. The first-order chi connectivity index (χ1) is 10.3. The lowest BCUT2D eigenvalue weighted by Gasteiger charge is -2.10. The molecule has 4 nitrogen and oxygen atoms in total. The minimum absolute atomic E-state index is 0.00904. The zero-order valence-corrected chi connectivity index (χ0v) is 12.1. The molecular weight excluding hydrogens is 266 g/mol. The van der Waals surface area contributed by atoms with E-state index < -0.39 is 0 Å². The lowest BCUT2D eigenvalue weighted by atomic mass is 10.0. The number of benzene rings is 2. The van der Waals surface area contributed by atoms with Crippen molar-refractivity contribution in [2.24, 2.45) is 5.92 Å². The van der Waals surface area contributed by atoms with Crippen molar-refractivity contribution in [2.75, 3.05) is 6.61 Å². The van der Waals surface area contributed by atoms with Crippen molar-refractivity contribution in [3.05, 3.63) is 42.0 Å². The Morgan fingerprint density at radius 1 is 1.29 bits per heavy atom. The molecule has 1 saturated carbocycles. The lowest BCUT2D eigenvalue weighted by molar-refractivity contribution is -0.135. The van der Waals surface area contributed by atoms with Crippen LogP contribution in [0.5, 0.6) is 5.75 Å². The summed E-state index contributed by atoms with van der Waals surface area (Å²) in [7, 11) is 0. The smallest absolute Gasteiger partial charge is 0.246 e. The summed E-state index contributed by atoms with van der Waals surface area (Å²) in [5.41, 5.74) is 3.56. The van der Waals surface area contributed by atoms with Crippen LogP contribution < -0.4 is 10.2 Å². The van der Waals surface area contributed by atoms with E-state index in [2.05, 4.69) is 11.5 Å². The molecule has 0 saturated heterocycles. The summed E-state index contributed by atoms with van der Waals surface area (Å²) in [6.45, 7) is 2.96. The highest BCUT2D eigenvalue weighted by Crippen LogP contribution is 2.29. The van der Waals surface area contributed by atoms with E-state index in [0.717, 1.165) is 34.9 Å². The molecule has 0 spiro atoms. The average molecular weight is 285 g/mol. The number of nitrogens with one attached hydrogen (secondary N) is 1. The third-order valence-electron chi connectivity index (χ3n) is 3.60. The molecule has 1 aliphatic rings. The topological polar surface area (TPSA) is 47.6 Å². The predicted molar refractivity (Wildman–Crippen MR) is 80.8 cm³/mol. The quantitative estimate of drug-likeness (QED) is 0.829. The van der Waals surface area contributed by atoms with Crippen molar-refractivity contribution in [3.63, 3.8) is 0 Å². The monoisotopic (exact) mass is 285 g/mol. The van der Waals surface area contributed by atoms with Gasteiger partial charge in [-0.3, -0.25) is 9.63 Å². The van der Waals surface area contributed by atoms with Crippen molar-refractivity contribution < 1.29 is 14.4 Å². The van der Waals surface area contributed by atoms with Gasteiger partial charge >= 0.3 is 0 Å². The standard InChI is InChI=1S/C17H19NO3/c1-2-20-15-9-8-12-4-3-5-14(16(12)10-15)11-21-18-17(19)13-6-7-13/h3-5,8-10,13H,2,6-7,11H2,1H3,(H,18,19). The summed E-state index contributed by atoms with van der Waals surface area (Å²) >= 11 is 0. The van der Waals surface area contributed by atoms with Crippen LogP contribution >= 0.6 is 0 Å². The maximum absolute atomic E-state index is 11.5. The van der Waals surface area contributed by atoms with Crippen LogP contribution in [-0.2, 0) is 16.2 Å². The Labute approximate surface area is 124 Å². The maximum atomic E-state index is 11.5. The molecule has 1 amide bonds. The highest BCUT2D eigenvalue weighted by atomic mass is 16.6. The van der Waals surface area contributed by atoms with Crippen LogP contribution in [0.3, 0.4) is 0 Å². The zero-order chi connectivity index (χ0) is 14.7. The fourth-order valence-corrected chi connectivity index (χ4v) is 2.31. The van der Waals surface area contributed by atoms with Gasteiger partial charge in [-0.15, -0.1) is 0 Å².